The molecule has 0 amide bonds. The maximum Gasteiger partial charge on any atom is 0.0591 e. The highest BCUT2D eigenvalue weighted by molar-refractivity contribution is 9.10. The maximum absolute atomic E-state index is 5.62. The van der Waals surface area contributed by atoms with E-state index >= 15 is 0 Å². The average Bonchev–Trinajstić information content (AvgIpc) is 2.45. The molecule has 15 heavy (non-hydrogen) atoms. The minimum Gasteiger partial charge on any atom is -0.379 e. The molecule has 1 atom stereocenters. The SMILES string of the molecule is CC1(c2ccc(Br)cc2)CNCCOC1. The lowest BCUT2D eigenvalue weighted by molar-refractivity contribution is 0.113. The largest absolute Gasteiger partial charge is 0.379 e. The van der Waals surface area contributed by atoms with Crippen LogP contribution >= 0.6 is 15.9 Å². The molecule has 1 heterocycles. The Hall–Kier alpha value is -0.380. The van der Waals surface area contributed by atoms with Crippen LogP contribution in [0.1, 0.15) is 12.5 Å². The van der Waals surface area contributed by atoms with E-state index in [1.807, 2.05) is 0 Å². The minimum absolute atomic E-state index is 0.0944. The fourth-order valence-corrected chi connectivity index (χ4v) is 2.16. The molecule has 0 saturated carbocycles. The third-order valence-corrected chi connectivity index (χ3v) is 3.43. The zero-order chi connectivity index (χ0) is 10.7. The second kappa shape index (κ2) is 4.64. The van der Waals surface area contributed by atoms with Crippen LogP contribution in [-0.2, 0) is 10.2 Å². The summed E-state index contributed by atoms with van der Waals surface area (Å²) in [6.45, 7) is 5.78. The van der Waals surface area contributed by atoms with Crippen LogP contribution in [0.5, 0.6) is 0 Å². The van der Waals surface area contributed by atoms with E-state index in [0.717, 1.165) is 30.8 Å². The van der Waals surface area contributed by atoms with E-state index in [0.29, 0.717) is 0 Å². The Labute approximate surface area is 99.1 Å². The lowest BCUT2D eigenvalue weighted by Crippen LogP contribution is -2.36. The molecule has 1 unspecified atom stereocenters. The van der Waals surface area contributed by atoms with E-state index in [9.17, 15) is 0 Å². The van der Waals surface area contributed by atoms with Crippen LogP contribution in [0.15, 0.2) is 28.7 Å². The highest BCUT2D eigenvalue weighted by Crippen LogP contribution is 2.26. The van der Waals surface area contributed by atoms with Gasteiger partial charge in [0, 0.05) is 23.0 Å². The number of hydrogen-bond donors (Lipinski definition) is 1. The van der Waals surface area contributed by atoms with Gasteiger partial charge >= 0.3 is 0 Å². The second-order valence-corrected chi connectivity index (χ2v) is 5.21. The van der Waals surface area contributed by atoms with Crippen molar-refractivity contribution in [1.29, 1.82) is 0 Å². The van der Waals surface area contributed by atoms with E-state index in [2.05, 4.69) is 52.4 Å². The molecule has 1 aliphatic heterocycles. The molecule has 0 bridgehead atoms. The monoisotopic (exact) mass is 269 g/mol. The van der Waals surface area contributed by atoms with Crippen molar-refractivity contribution in [2.24, 2.45) is 0 Å². The van der Waals surface area contributed by atoms with E-state index in [-0.39, 0.29) is 5.41 Å². The zero-order valence-electron chi connectivity index (χ0n) is 8.92. The minimum atomic E-state index is 0.0944. The molecule has 2 nitrogen and oxygen atoms in total. The predicted molar refractivity (Wildman–Crippen MR) is 65.2 cm³/mol. The molecule has 3 heteroatoms. The van der Waals surface area contributed by atoms with Crippen molar-refractivity contribution in [2.75, 3.05) is 26.3 Å². The molecule has 1 aromatic carbocycles. The number of ether oxygens (including phenoxy) is 1. The van der Waals surface area contributed by atoms with Gasteiger partial charge in [0.1, 0.15) is 0 Å². The first kappa shape index (κ1) is 11.1. The van der Waals surface area contributed by atoms with Crippen LogP contribution in [0.3, 0.4) is 0 Å². The summed E-state index contributed by atoms with van der Waals surface area (Å²) in [5, 5.41) is 3.41. The Morgan fingerprint density at radius 1 is 1.33 bits per heavy atom. The third-order valence-electron chi connectivity index (χ3n) is 2.90. The Morgan fingerprint density at radius 2 is 2.07 bits per heavy atom. The van der Waals surface area contributed by atoms with Gasteiger partial charge in [-0.1, -0.05) is 35.0 Å². The summed E-state index contributed by atoms with van der Waals surface area (Å²) in [5.74, 6) is 0. The Bertz CT molecular complexity index is 315. The molecule has 1 saturated heterocycles. The van der Waals surface area contributed by atoms with Crippen LogP contribution in [0.4, 0.5) is 0 Å². The first-order valence-electron chi connectivity index (χ1n) is 5.25. The Kier molecular flexibility index (Phi) is 3.44. The second-order valence-electron chi connectivity index (χ2n) is 4.30. The molecule has 2 rings (SSSR count). The van der Waals surface area contributed by atoms with Crippen LogP contribution < -0.4 is 5.32 Å². The molecule has 0 spiro atoms. The van der Waals surface area contributed by atoms with Gasteiger partial charge < -0.3 is 10.1 Å². The standard InChI is InChI=1S/C12H16BrNO/c1-12(8-14-6-7-15-9-12)10-2-4-11(13)5-3-10/h2-5,14H,6-9H2,1H3. The highest BCUT2D eigenvalue weighted by Gasteiger charge is 2.28. The van der Waals surface area contributed by atoms with Gasteiger partial charge in [-0.15, -0.1) is 0 Å². The topological polar surface area (TPSA) is 21.3 Å². The number of nitrogens with one attached hydrogen (secondary N) is 1. The lowest BCUT2D eigenvalue weighted by atomic mass is 9.83. The van der Waals surface area contributed by atoms with E-state index in [4.69, 9.17) is 4.74 Å². The van der Waals surface area contributed by atoms with Gasteiger partial charge in [-0.05, 0) is 17.7 Å². The van der Waals surface area contributed by atoms with Crippen molar-refractivity contribution >= 4 is 15.9 Å². The number of rotatable bonds is 1. The summed E-state index contributed by atoms with van der Waals surface area (Å²) in [6.07, 6.45) is 0. The third kappa shape index (κ3) is 2.60. The van der Waals surface area contributed by atoms with Gasteiger partial charge in [0.25, 0.3) is 0 Å². The molecule has 82 valence electrons. The molecule has 1 aliphatic rings. The average molecular weight is 270 g/mol. The first-order valence-corrected chi connectivity index (χ1v) is 6.04. The highest BCUT2D eigenvalue weighted by atomic mass is 79.9. The van der Waals surface area contributed by atoms with Crippen LogP contribution in [0.2, 0.25) is 0 Å². The summed E-state index contributed by atoms with van der Waals surface area (Å²) >= 11 is 3.46. The summed E-state index contributed by atoms with van der Waals surface area (Å²) in [5.41, 5.74) is 1.43. The van der Waals surface area contributed by atoms with Crippen molar-refractivity contribution in [3.05, 3.63) is 34.3 Å². The van der Waals surface area contributed by atoms with Crippen molar-refractivity contribution < 1.29 is 4.74 Å². The van der Waals surface area contributed by atoms with Crippen LogP contribution in [0.25, 0.3) is 0 Å². The van der Waals surface area contributed by atoms with Crippen LogP contribution in [0, 0.1) is 0 Å². The van der Waals surface area contributed by atoms with E-state index in [1.54, 1.807) is 0 Å². The molecule has 1 aromatic rings. The molecule has 0 aliphatic carbocycles. The molecular weight excluding hydrogens is 254 g/mol. The fraction of sp³-hybridized carbons (Fsp3) is 0.500. The van der Waals surface area contributed by atoms with Gasteiger partial charge in [-0.3, -0.25) is 0 Å². The van der Waals surface area contributed by atoms with E-state index in [1.165, 1.54) is 5.56 Å². The summed E-state index contributed by atoms with van der Waals surface area (Å²) in [7, 11) is 0. The fourth-order valence-electron chi connectivity index (χ4n) is 1.89. The normalized spacial score (nSPS) is 27.3. The van der Waals surface area contributed by atoms with Crippen molar-refractivity contribution in [3.63, 3.8) is 0 Å². The van der Waals surface area contributed by atoms with Crippen LogP contribution in [-0.4, -0.2) is 26.3 Å². The number of hydrogen-bond acceptors (Lipinski definition) is 2. The molecule has 1 fully saturated rings. The quantitative estimate of drug-likeness (QED) is 0.845. The number of benzene rings is 1. The van der Waals surface area contributed by atoms with Gasteiger partial charge in [-0.25, -0.2) is 0 Å². The summed E-state index contributed by atoms with van der Waals surface area (Å²) < 4.78 is 6.74. The smallest absolute Gasteiger partial charge is 0.0591 e. The molecule has 0 radical (unpaired) electrons. The lowest BCUT2D eigenvalue weighted by Gasteiger charge is -2.27. The first-order chi connectivity index (χ1) is 7.21. The summed E-state index contributed by atoms with van der Waals surface area (Å²) in [6, 6.07) is 8.51. The van der Waals surface area contributed by atoms with Gasteiger partial charge in [0.05, 0.1) is 13.2 Å². The molecular formula is C12H16BrNO. The van der Waals surface area contributed by atoms with Crippen molar-refractivity contribution in [1.82, 2.24) is 5.32 Å². The number of halogens is 1. The van der Waals surface area contributed by atoms with Crippen molar-refractivity contribution in [2.45, 2.75) is 12.3 Å². The Balaban J connectivity index is 2.22. The molecule has 0 aromatic heterocycles. The van der Waals surface area contributed by atoms with Gasteiger partial charge in [-0.2, -0.15) is 0 Å². The van der Waals surface area contributed by atoms with Gasteiger partial charge in [0.15, 0.2) is 0 Å². The zero-order valence-corrected chi connectivity index (χ0v) is 10.5. The molecule has 1 N–H and O–H groups in total. The van der Waals surface area contributed by atoms with Crippen molar-refractivity contribution in [3.8, 4) is 0 Å². The maximum atomic E-state index is 5.62. The van der Waals surface area contributed by atoms with Gasteiger partial charge in [0.2, 0.25) is 0 Å². The Morgan fingerprint density at radius 3 is 2.80 bits per heavy atom. The van der Waals surface area contributed by atoms with E-state index < -0.39 is 0 Å². The summed E-state index contributed by atoms with van der Waals surface area (Å²) in [4.78, 5) is 0. The predicted octanol–water partition coefficient (Wildman–Crippen LogP) is 2.33.